The number of aromatic nitrogens is 1. The van der Waals surface area contributed by atoms with Gasteiger partial charge in [0, 0.05) is 29.4 Å². The Kier molecular flexibility index (Phi) is 5.74. The monoisotopic (exact) mass is 363 g/mol. The number of amides is 1. The molecular weight excluding hydrogens is 342 g/mol. The van der Waals surface area contributed by atoms with Gasteiger partial charge in [0.2, 0.25) is 0 Å². The van der Waals surface area contributed by atoms with Crippen molar-refractivity contribution >= 4 is 29.0 Å². The third-order valence-corrected chi connectivity index (χ3v) is 3.54. The Labute approximate surface area is 152 Å². The van der Waals surface area contributed by atoms with Crippen LogP contribution in [0.1, 0.15) is 31.1 Å². The number of rotatable bonds is 5. The zero-order valence-corrected chi connectivity index (χ0v) is 15.7. The highest BCUT2D eigenvalue weighted by molar-refractivity contribution is 6.32. The maximum atomic E-state index is 12.6. The molecule has 1 heterocycles. The average Bonchev–Trinajstić information content (AvgIpc) is 2.54. The molecule has 0 aliphatic heterocycles. The molecule has 2 aromatic rings. The van der Waals surface area contributed by atoms with E-state index in [0.29, 0.717) is 33.6 Å². The van der Waals surface area contributed by atoms with Crippen molar-refractivity contribution in [3.63, 3.8) is 0 Å². The summed E-state index contributed by atoms with van der Waals surface area (Å²) in [6.45, 7) is 6.06. The van der Waals surface area contributed by atoms with E-state index in [4.69, 9.17) is 21.1 Å². The van der Waals surface area contributed by atoms with Gasteiger partial charge in [-0.05, 0) is 32.9 Å². The number of carbonyl (C=O) groups is 1. The highest BCUT2D eigenvalue weighted by Gasteiger charge is 2.15. The minimum atomic E-state index is -0.290. The first-order chi connectivity index (χ1) is 11.7. The van der Waals surface area contributed by atoms with Gasteiger partial charge in [0.05, 0.1) is 24.9 Å². The molecule has 0 aliphatic carbocycles. The van der Waals surface area contributed by atoms with Crippen molar-refractivity contribution in [1.29, 1.82) is 0 Å². The molecule has 2 rings (SSSR count). The molecule has 2 N–H and O–H groups in total. The molecule has 25 heavy (non-hydrogen) atoms. The van der Waals surface area contributed by atoms with Crippen molar-refractivity contribution < 1.29 is 14.3 Å². The van der Waals surface area contributed by atoms with Crippen molar-refractivity contribution in [2.75, 3.05) is 24.9 Å². The number of anilines is 2. The second-order valence-electron chi connectivity index (χ2n) is 6.45. The van der Waals surface area contributed by atoms with Crippen LogP contribution in [0.2, 0.25) is 5.02 Å². The molecule has 6 nitrogen and oxygen atoms in total. The van der Waals surface area contributed by atoms with Crippen molar-refractivity contribution in [3.05, 3.63) is 41.0 Å². The molecule has 7 heteroatoms. The number of carbonyl (C=O) groups excluding carboxylic acids is 1. The molecule has 0 spiro atoms. The van der Waals surface area contributed by atoms with Crippen LogP contribution >= 0.6 is 11.6 Å². The van der Waals surface area contributed by atoms with E-state index in [1.54, 1.807) is 30.5 Å². The SMILES string of the molecule is COc1cc(NC(=O)c2ccnc(NC(C)(C)C)c2)c(OC)cc1Cl. The zero-order chi connectivity index (χ0) is 18.6. The molecule has 0 aliphatic rings. The Bertz CT molecular complexity index is 773. The molecule has 0 atom stereocenters. The molecule has 0 saturated carbocycles. The lowest BCUT2D eigenvalue weighted by Crippen LogP contribution is -2.27. The first-order valence-corrected chi connectivity index (χ1v) is 8.08. The zero-order valence-electron chi connectivity index (χ0n) is 14.9. The fraction of sp³-hybridized carbons (Fsp3) is 0.333. The second-order valence-corrected chi connectivity index (χ2v) is 6.85. The van der Waals surface area contributed by atoms with Gasteiger partial charge in [0.15, 0.2) is 0 Å². The van der Waals surface area contributed by atoms with E-state index >= 15 is 0 Å². The number of methoxy groups -OCH3 is 2. The van der Waals surface area contributed by atoms with Gasteiger partial charge in [-0.2, -0.15) is 0 Å². The molecule has 0 fully saturated rings. The van der Waals surface area contributed by atoms with Crippen molar-refractivity contribution in [2.24, 2.45) is 0 Å². The quantitative estimate of drug-likeness (QED) is 0.832. The summed E-state index contributed by atoms with van der Waals surface area (Å²) in [6, 6.07) is 6.55. The minimum absolute atomic E-state index is 0.158. The predicted molar refractivity (Wildman–Crippen MR) is 100 cm³/mol. The minimum Gasteiger partial charge on any atom is -0.495 e. The van der Waals surface area contributed by atoms with Gasteiger partial charge in [0.1, 0.15) is 17.3 Å². The first kappa shape index (κ1) is 18.9. The van der Waals surface area contributed by atoms with Crippen LogP contribution in [-0.4, -0.2) is 30.6 Å². The molecule has 0 unspecified atom stereocenters. The number of hydrogen-bond acceptors (Lipinski definition) is 5. The molecule has 0 radical (unpaired) electrons. The van der Waals surface area contributed by atoms with Crippen LogP contribution in [0.15, 0.2) is 30.5 Å². The van der Waals surface area contributed by atoms with Gasteiger partial charge in [-0.1, -0.05) is 11.6 Å². The number of nitrogens with zero attached hydrogens (tertiary/aromatic N) is 1. The Morgan fingerprint density at radius 1 is 1.12 bits per heavy atom. The Hall–Kier alpha value is -2.47. The maximum absolute atomic E-state index is 12.6. The van der Waals surface area contributed by atoms with Crippen molar-refractivity contribution in [1.82, 2.24) is 4.98 Å². The van der Waals surface area contributed by atoms with Crippen LogP contribution in [0.4, 0.5) is 11.5 Å². The van der Waals surface area contributed by atoms with Crippen molar-refractivity contribution in [2.45, 2.75) is 26.3 Å². The Morgan fingerprint density at radius 3 is 2.40 bits per heavy atom. The summed E-state index contributed by atoms with van der Waals surface area (Å²) in [5.41, 5.74) is 0.781. The fourth-order valence-electron chi connectivity index (χ4n) is 2.18. The van der Waals surface area contributed by atoms with E-state index in [0.717, 1.165) is 0 Å². The maximum Gasteiger partial charge on any atom is 0.255 e. The van der Waals surface area contributed by atoms with Crippen molar-refractivity contribution in [3.8, 4) is 11.5 Å². The van der Waals surface area contributed by atoms with E-state index < -0.39 is 0 Å². The fourth-order valence-corrected chi connectivity index (χ4v) is 2.41. The van der Waals surface area contributed by atoms with E-state index in [-0.39, 0.29) is 11.4 Å². The summed E-state index contributed by atoms with van der Waals surface area (Å²) in [5.74, 6) is 1.23. The number of pyridine rings is 1. The number of halogens is 1. The number of ether oxygens (including phenoxy) is 2. The lowest BCUT2D eigenvalue weighted by atomic mass is 10.1. The van der Waals surface area contributed by atoms with Crippen LogP contribution in [0.25, 0.3) is 0 Å². The topological polar surface area (TPSA) is 72.5 Å². The summed E-state index contributed by atoms with van der Waals surface area (Å²) >= 11 is 6.08. The van der Waals surface area contributed by atoms with E-state index in [1.807, 2.05) is 20.8 Å². The molecular formula is C18H22ClN3O3. The van der Waals surface area contributed by atoms with Gasteiger partial charge in [-0.15, -0.1) is 0 Å². The smallest absolute Gasteiger partial charge is 0.255 e. The summed E-state index contributed by atoms with van der Waals surface area (Å²) in [6.07, 6.45) is 1.59. The van der Waals surface area contributed by atoms with Gasteiger partial charge in [-0.25, -0.2) is 4.98 Å². The number of hydrogen-bond donors (Lipinski definition) is 2. The third kappa shape index (κ3) is 5.00. The van der Waals surface area contributed by atoms with Crippen LogP contribution in [0.3, 0.4) is 0 Å². The molecule has 1 aromatic carbocycles. The second kappa shape index (κ2) is 7.61. The highest BCUT2D eigenvalue weighted by Crippen LogP contribution is 2.36. The molecule has 0 saturated heterocycles. The van der Waals surface area contributed by atoms with Gasteiger partial charge >= 0.3 is 0 Å². The molecule has 1 aromatic heterocycles. The molecule has 1 amide bonds. The lowest BCUT2D eigenvalue weighted by Gasteiger charge is -2.21. The average molecular weight is 364 g/mol. The van der Waals surface area contributed by atoms with E-state index in [1.165, 1.54) is 14.2 Å². The number of nitrogens with one attached hydrogen (secondary N) is 2. The van der Waals surface area contributed by atoms with Crippen LogP contribution in [-0.2, 0) is 0 Å². The normalized spacial score (nSPS) is 11.0. The predicted octanol–water partition coefficient (Wildman–Crippen LogP) is 4.21. The lowest BCUT2D eigenvalue weighted by molar-refractivity contribution is 0.102. The van der Waals surface area contributed by atoms with E-state index in [9.17, 15) is 4.79 Å². The molecule has 0 bridgehead atoms. The Balaban J connectivity index is 2.27. The van der Waals surface area contributed by atoms with Crippen LogP contribution < -0.4 is 20.1 Å². The van der Waals surface area contributed by atoms with Crippen LogP contribution in [0, 0.1) is 0 Å². The summed E-state index contributed by atoms with van der Waals surface area (Å²) < 4.78 is 10.5. The summed E-state index contributed by atoms with van der Waals surface area (Å²) in [5, 5.41) is 6.45. The largest absolute Gasteiger partial charge is 0.495 e. The van der Waals surface area contributed by atoms with Gasteiger partial charge < -0.3 is 20.1 Å². The van der Waals surface area contributed by atoms with Gasteiger partial charge in [0.25, 0.3) is 5.91 Å². The van der Waals surface area contributed by atoms with Crippen LogP contribution in [0.5, 0.6) is 11.5 Å². The van der Waals surface area contributed by atoms with E-state index in [2.05, 4.69) is 15.6 Å². The molecule has 134 valence electrons. The third-order valence-electron chi connectivity index (χ3n) is 3.25. The van der Waals surface area contributed by atoms with Gasteiger partial charge in [-0.3, -0.25) is 4.79 Å². The summed E-state index contributed by atoms with van der Waals surface area (Å²) in [7, 11) is 3.01. The first-order valence-electron chi connectivity index (χ1n) is 7.70. The standard InChI is InChI=1S/C18H22ClN3O3/c1-18(2,3)22-16-8-11(6-7-20-16)17(23)21-13-10-14(24-4)12(19)9-15(13)25-5/h6-10H,1-5H3,(H,20,22)(H,21,23). The Morgan fingerprint density at radius 2 is 1.80 bits per heavy atom. The number of benzene rings is 1. The summed E-state index contributed by atoms with van der Waals surface area (Å²) in [4.78, 5) is 16.8. The highest BCUT2D eigenvalue weighted by atomic mass is 35.5.